The summed E-state index contributed by atoms with van der Waals surface area (Å²) in [5.74, 6) is -2.58. The van der Waals surface area contributed by atoms with Crippen molar-refractivity contribution >= 4 is 40.0 Å². The summed E-state index contributed by atoms with van der Waals surface area (Å²) in [6, 6.07) is 13.9. The lowest BCUT2D eigenvalue weighted by atomic mass is 9.96. The van der Waals surface area contributed by atoms with Gasteiger partial charge in [-0.25, -0.2) is 9.88 Å². The minimum atomic E-state index is -1.41. The number of ether oxygens (including phenoxy) is 1. The van der Waals surface area contributed by atoms with E-state index in [1.165, 1.54) is 36.1 Å². The zero-order valence-electron chi connectivity index (χ0n) is 34.4. The topological polar surface area (TPSA) is 131 Å². The van der Waals surface area contributed by atoms with E-state index in [2.05, 4.69) is 56.1 Å². The van der Waals surface area contributed by atoms with E-state index in [0.717, 1.165) is 78.9 Å². The van der Waals surface area contributed by atoms with Crippen LogP contribution in [0.25, 0.3) is 16.6 Å². The summed E-state index contributed by atoms with van der Waals surface area (Å²) < 4.78 is 8.63. The van der Waals surface area contributed by atoms with Gasteiger partial charge in [0.05, 0.1) is 34.3 Å². The summed E-state index contributed by atoms with van der Waals surface area (Å²) in [4.78, 5) is 78.6. The molecule has 1 atom stereocenters. The first-order chi connectivity index (χ1) is 28.0. The number of rotatable bonds is 13. The van der Waals surface area contributed by atoms with E-state index in [-0.39, 0.29) is 28.1 Å². The fourth-order valence-electron chi connectivity index (χ4n) is 9.75. The molecule has 3 aromatic carbocycles. The van der Waals surface area contributed by atoms with Crippen LogP contribution in [0.3, 0.4) is 0 Å². The molecule has 2 aliphatic carbocycles. The van der Waals surface area contributed by atoms with Crippen molar-refractivity contribution in [3.8, 4) is 11.4 Å². The lowest BCUT2D eigenvalue weighted by molar-refractivity contribution is 0.0882. The van der Waals surface area contributed by atoms with E-state index < -0.39 is 34.9 Å². The molecule has 0 radical (unpaired) electrons. The van der Waals surface area contributed by atoms with Gasteiger partial charge in [-0.15, -0.1) is 0 Å². The third kappa shape index (κ3) is 6.41. The molecule has 0 saturated heterocycles. The lowest BCUT2D eigenvalue weighted by Gasteiger charge is -2.23. The Morgan fingerprint density at radius 3 is 2.02 bits per heavy atom. The first kappa shape index (κ1) is 39.2. The van der Waals surface area contributed by atoms with Crippen LogP contribution in [0.4, 0.5) is 5.69 Å². The predicted octanol–water partition coefficient (Wildman–Crippen LogP) is 9.67. The average Bonchev–Trinajstić information content (AvgIpc) is 3.97. The molecule has 1 N–H and O–H groups in total. The Kier molecular flexibility index (Phi) is 10.5. The van der Waals surface area contributed by atoms with Crippen molar-refractivity contribution in [2.45, 2.75) is 118 Å². The van der Waals surface area contributed by atoms with Crippen molar-refractivity contribution in [1.29, 1.82) is 0 Å². The number of hydrogen-bond acceptors (Lipinski definition) is 7. The molecule has 1 aliphatic heterocycles. The summed E-state index contributed by atoms with van der Waals surface area (Å²) in [5, 5.41) is 0.335. The monoisotopic (exact) mass is 780 g/mol. The van der Waals surface area contributed by atoms with Crippen LogP contribution in [0.1, 0.15) is 166 Å². The maximum atomic E-state index is 14.2. The van der Waals surface area contributed by atoms with Crippen LogP contribution >= 0.6 is 0 Å². The first-order valence-corrected chi connectivity index (χ1v) is 21.2. The van der Waals surface area contributed by atoms with Gasteiger partial charge in [-0.3, -0.25) is 24.0 Å². The van der Waals surface area contributed by atoms with E-state index in [4.69, 9.17) is 4.74 Å². The number of anilines is 1. The molecule has 1 unspecified atom stereocenters. The van der Waals surface area contributed by atoms with E-state index in [9.17, 15) is 24.0 Å². The van der Waals surface area contributed by atoms with Crippen molar-refractivity contribution < 1.29 is 23.9 Å². The maximum Gasteiger partial charge on any atom is 0.266 e. The molecule has 0 spiro atoms. The quantitative estimate of drug-likeness (QED) is 0.0930. The molecule has 1 saturated carbocycles. The number of fused-ring (bicyclic) bond motifs is 3. The number of nitrogens with zero attached hydrogens (tertiary/aromatic N) is 3. The molecule has 5 aromatic rings. The number of unbranched alkanes of at least 4 members (excludes halogenated alkanes) is 1. The highest BCUT2D eigenvalue weighted by atomic mass is 16.5. The van der Waals surface area contributed by atoms with E-state index in [1.54, 1.807) is 18.2 Å². The average molecular weight is 781 g/mol. The van der Waals surface area contributed by atoms with Crippen molar-refractivity contribution in [3.05, 3.63) is 115 Å². The van der Waals surface area contributed by atoms with Gasteiger partial charge in [0, 0.05) is 28.2 Å². The Morgan fingerprint density at radius 1 is 0.793 bits per heavy atom. The molecule has 3 heterocycles. The Balaban J connectivity index is 1.10. The highest BCUT2D eigenvalue weighted by Crippen LogP contribution is 2.43. The summed E-state index contributed by atoms with van der Waals surface area (Å²) in [7, 11) is 0. The zero-order chi connectivity index (χ0) is 41.0. The summed E-state index contributed by atoms with van der Waals surface area (Å²) in [6.07, 6.45) is 10.5. The highest BCUT2D eigenvalue weighted by Gasteiger charge is 2.46. The number of Topliss-reactive ketones (excluding diaryl/α,β-unsaturated/α-hetero) is 2. The van der Waals surface area contributed by atoms with Crippen LogP contribution in [0.5, 0.6) is 5.75 Å². The molecular weight excluding hydrogens is 729 g/mol. The largest absolute Gasteiger partial charge is 0.491 e. The normalized spacial score (nSPS) is 16.3. The third-order valence-corrected chi connectivity index (χ3v) is 13.0. The third-order valence-electron chi connectivity index (χ3n) is 13.0. The maximum absolute atomic E-state index is 14.2. The summed E-state index contributed by atoms with van der Waals surface area (Å²) in [5.41, 5.74) is 7.20. The molecular formula is C48H52N4O6. The van der Waals surface area contributed by atoms with E-state index in [0.29, 0.717) is 40.8 Å². The molecule has 0 bridgehead atoms. The number of amides is 2. The van der Waals surface area contributed by atoms with Gasteiger partial charge >= 0.3 is 0 Å². The van der Waals surface area contributed by atoms with Gasteiger partial charge in [-0.05, 0) is 117 Å². The molecule has 1 fully saturated rings. The Labute approximate surface area is 339 Å². The Morgan fingerprint density at radius 2 is 1.43 bits per heavy atom. The van der Waals surface area contributed by atoms with Crippen LogP contribution in [0.15, 0.2) is 53.3 Å². The number of nitrogens with one attached hydrogen (secondary N) is 1. The van der Waals surface area contributed by atoms with Crippen LogP contribution in [0, 0.1) is 19.8 Å². The summed E-state index contributed by atoms with van der Waals surface area (Å²) in [6.45, 7) is 13.2. The van der Waals surface area contributed by atoms with Gasteiger partial charge in [0.15, 0.2) is 11.6 Å². The van der Waals surface area contributed by atoms with Crippen LogP contribution in [0.2, 0.25) is 0 Å². The number of aromatic amines is 1. The number of benzene rings is 3. The standard InChI is InChI=1S/C48H52N4O6/c1-7-11-14-28(8-2)25-58-41-21-30(29-15-12-13-16-29)17-20-40(41)52-47(56)36-23-34-35(24-37(36)48(52)57)44(54)42(43(34)53)45-49-39-19-18-31(22-38(39)46(55)50-45)51-26(5)32(9-3)33(10-4)27(51)6/h17-24,28-29,42H,7-16,25H2,1-6H3,(H,49,50,55). The van der Waals surface area contributed by atoms with Gasteiger partial charge in [-0.1, -0.05) is 65.9 Å². The van der Waals surface area contributed by atoms with Crippen molar-refractivity contribution in [3.63, 3.8) is 0 Å². The number of carbonyl (C=O) groups is 4. The lowest BCUT2D eigenvalue weighted by Crippen LogP contribution is -2.30. The molecule has 8 rings (SSSR count). The van der Waals surface area contributed by atoms with Crippen LogP contribution < -0.4 is 15.2 Å². The number of ketones is 2. The number of aromatic nitrogens is 3. The first-order valence-electron chi connectivity index (χ1n) is 21.2. The highest BCUT2D eigenvalue weighted by molar-refractivity contribution is 6.37. The Bertz CT molecular complexity index is 2490. The molecule has 2 aromatic heterocycles. The molecule has 10 heteroatoms. The fourth-order valence-corrected chi connectivity index (χ4v) is 9.75. The number of H-pyrrole nitrogens is 1. The van der Waals surface area contributed by atoms with Gasteiger partial charge < -0.3 is 14.3 Å². The van der Waals surface area contributed by atoms with Crippen LogP contribution in [-0.4, -0.2) is 44.5 Å². The number of carbonyl (C=O) groups excluding carboxylic acids is 4. The molecule has 2 amide bonds. The van der Waals surface area contributed by atoms with Gasteiger partial charge in [-0.2, -0.15) is 0 Å². The Hall–Kier alpha value is -5.64. The zero-order valence-corrected chi connectivity index (χ0v) is 34.4. The minimum absolute atomic E-state index is 0.0293. The SMILES string of the molecule is CCCCC(CC)COc1cc(C2CCCC2)ccc1N1C(=O)c2cc3c(cc2C1=O)C(=O)C(c1nc2ccc(-n4c(C)c(CC)c(CC)c4C)cc2c(=O)[nH]1)C3=O. The second kappa shape index (κ2) is 15.6. The summed E-state index contributed by atoms with van der Waals surface area (Å²) >= 11 is 0. The molecule has 10 nitrogen and oxygen atoms in total. The van der Waals surface area contributed by atoms with Crippen molar-refractivity contribution in [1.82, 2.24) is 14.5 Å². The van der Waals surface area contributed by atoms with Crippen LogP contribution in [-0.2, 0) is 12.8 Å². The molecule has 58 heavy (non-hydrogen) atoms. The minimum Gasteiger partial charge on any atom is -0.491 e. The fraction of sp³-hybridized carbons (Fsp3) is 0.417. The number of hydrogen-bond donors (Lipinski definition) is 1. The predicted molar refractivity (Wildman–Crippen MR) is 225 cm³/mol. The second-order valence-electron chi connectivity index (χ2n) is 16.3. The number of imide groups is 1. The van der Waals surface area contributed by atoms with Gasteiger partial charge in [0.25, 0.3) is 17.4 Å². The van der Waals surface area contributed by atoms with Crippen molar-refractivity contribution in [2.24, 2.45) is 5.92 Å². The molecule has 3 aliphatic rings. The van der Waals surface area contributed by atoms with Crippen molar-refractivity contribution in [2.75, 3.05) is 11.5 Å². The second-order valence-corrected chi connectivity index (χ2v) is 16.3. The molecule has 300 valence electrons. The van der Waals surface area contributed by atoms with E-state index in [1.807, 2.05) is 18.2 Å². The van der Waals surface area contributed by atoms with Gasteiger partial charge in [0.2, 0.25) is 0 Å². The smallest absolute Gasteiger partial charge is 0.266 e. The van der Waals surface area contributed by atoms with E-state index >= 15 is 0 Å². The van der Waals surface area contributed by atoms with Gasteiger partial charge in [0.1, 0.15) is 17.5 Å².